The van der Waals surface area contributed by atoms with Crippen molar-refractivity contribution in [1.29, 1.82) is 5.26 Å². The quantitative estimate of drug-likeness (QED) is 0.632. The summed E-state index contributed by atoms with van der Waals surface area (Å²) in [6.07, 6.45) is 5.21. The summed E-state index contributed by atoms with van der Waals surface area (Å²) in [5.41, 5.74) is -0.487. The van der Waals surface area contributed by atoms with Crippen LogP contribution >= 0.6 is 27.7 Å². The number of carbonyl (C=O) groups excluding carboxylic acids is 1. The number of nitriles is 1. The van der Waals surface area contributed by atoms with E-state index >= 15 is 0 Å². The number of thioether (sulfide) groups is 1. The Balaban J connectivity index is 2.16. The molecule has 142 valence electrons. The molecule has 1 fully saturated rings. The van der Waals surface area contributed by atoms with Gasteiger partial charge in [0, 0.05) is 9.37 Å². The number of alkyl carbamates (subject to hydrolysis) is 1. The summed E-state index contributed by atoms with van der Waals surface area (Å²) in [6, 6.07) is 5.93. The van der Waals surface area contributed by atoms with Gasteiger partial charge in [-0.1, -0.05) is 28.8 Å². The smallest absolute Gasteiger partial charge is 0.408 e. The summed E-state index contributed by atoms with van der Waals surface area (Å²) >= 11 is 4.97. The van der Waals surface area contributed by atoms with Gasteiger partial charge in [0.15, 0.2) is 0 Å². The number of ether oxygens (including phenoxy) is 2. The lowest BCUT2D eigenvalue weighted by atomic mass is 9.99. The van der Waals surface area contributed by atoms with Crippen LogP contribution < -0.4 is 10.1 Å². The van der Waals surface area contributed by atoms with Gasteiger partial charge in [0.05, 0.1) is 5.54 Å². The van der Waals surface area contributed by atoms with Crippen LogP contribution in [0.15, 0.2) is 21.5 Å². The summed E-state index contributed by atoms with van der Waals surface area (Å²) < 4.78 is 12.3. The first-order valence-corrected chi connectivity index (χ1v) is 10.6. The van der Waals surface area contributed by atoms with E-state index in [-0.39, 0.29) is 0 Å². The molecule has 1 saturated carbocycles. The van der Waals surface area contributed by atoms with Gasteiger partial charge in [0.25, 0.3) is 0 Å². The molecule has 1 amide bonds. The molecule has 1 aromatic carbocycles. The zero-order chi connectivity index (χ0) is 19.4. The van der Waals surface area contributed by atoms with Crippen LogP contribution in [0.1, 0.15) is 52.0 Å². The van der Waals surface area contributed by atoms with Crippen molar-refractivity contribution in [3.63, 3.8) is 0 Å². The maximum atomic E-state index is 12.3. The summed E-state index contributed by atoms with van der Waals surface area (Å²) in [5.74, 6) is 0.531. The van der Waals surface area contributed by atoms with Crippen LogP contribution in [0.5, 0.6) is 5.75 Å². The molecule has 1 aliphatic rings. The molecule has 5 nitrogen and oxygen atoms in total. The van der Waals surface area contributed by atoms with Gasteiger partial charge in [-0.2, -0.15) is 5.26 Å². The van der Waals surface area contributed by atoms with E-state index in [1.54, 1.807) is 6.07 Å². The fourth-order valence-corrected chi connectivity index (χ4v) is 4.22. The molecule has 0 heterocycles. The van der Waals surface area contributed by atoms with Crippen molar-refractivity contribution < 1.29 is 14.3 Å². The molecule has 0 radical (unpaired) electrons. The molecule has 1 aliphatic carbocycles. The predicted octanol–water partition coefficient (Wildman–Crippen LogP) is 5.26. The van der Waals surface area contributed by atoms with E-state index in [1.165, 1.54) is 11.8 Å². The molecule has 0 spiro atoms. The summed E-state index contributed by atoms with van der Waals surface area (Å²) in [6.45, 7) is 5.84. The Morgan fingerprint density at radius 3 is 2.58 bits per heavy atom. The largest absolute Gasteiger partial charge is 0.490 e. The molecule has 1 N–H and O–H groups in total. The zero-order valence-electron chi connectivity index (χ0n) is 15.6. The first-order valence-electron chi connectivity index (χ1n) is 8.60. The van der Waals surface area contributed by atoms with E-state index in [4.69, 9.17) is 9.47 Å². The zero-order valence-corrected chi connectivity index (χ0v) is 18.1. The molecule has 0 atom stereocenters. The average molecular weight is 441 g/mol. The van der Waals surface area contributed by atoms with E-state index in [0.717, 1.165) is 35.1 Å². The molecule has 26 heavy (non-hydrogen) atoms. The summed E-state index contributed by atoms with van der Waals surface area (Å²) in [5, 5.41) is 12.5. The number of hydrogen-bond donors (Lipinski definition) is 1. The van der Waals surface area contributed by atoms with Crippen molar-refractivity contribution in [2.45, 2.75) is 62.5 Å². The molecule has 0 aromatic heterocycles. The topological polar surface area (TPSA) is 71.3 Å². The highest BCUT2D eigenvalue weighted by Crippen LogP contribution is 2.35. The Morgan fingerprint density at radius 1 is 1.38 bits per heavy atom. The molecule has 1 aromatic rings. The fraction of sp³-hybridized carbons (Fsp3) is 0.579. The van der Waals surface area contributed by atoms with Crippen molar-refractivity contribution in [2.24, 2.45) is 0 Å². The minimum absolute atomic E-state index is 0.311. The van der Waals surface area contributed by atoms with Crippen molar-refractivity contribution in [3.05, 3.63) is 22.2 Å². The van der Waals surface area contributed by atoms with Crippen molar-refractivity contribution in [3.8, 4) is 11.8 Å². The highest BCUT2D eigenvalue weighted by molar-refractivity contribution is 9.10. The molecule has 0 bridgehead atoms. The maximum Gasteiger partial charge on any atom is 0.408 e. The maximum absolute atomic E-state index is 12.3. The second kappa shape index (κ2) is 8.53. The second-order valence-corrected chi connectivity index (χ2v) is 9.26. The lowest BCUT2D eigenvalue weighted by molar-refractivity contribution is 0.0416. The van der Waals surface area contributed by atoms with Gasteiger partial charge in [-0.3, -0.25) is 0 Å². The third kappa shape index (κ3) is 5.55. The van der Waals surface area contributed by atoms with Crippen LogP contribution in [-0.2, 0) is 4.74 Å². The summed E-state index contributed by atoms with van der Waals surface area (Å²) in [4.78, 5) is 13.1. The number of nitrogens with zero attached hydrogens (tertiary/aromatic N) is 1. The molecule has 0 aliphatic heterocycles. The highest BCUT2D eigenvalue weighted by Gasteiger charge is 2.38. The Kier molecular flexibility index (Phi) is 6.86. The molecule has 2 rings (SSSR count). The van der Waals surface area contributed by atoms with E-state index in [2.05, 4.69) is 27.3 Å². The van der Waals surface area contributed by atoms with Gasteiger partial charge >= 0.3 is 6.09 Å². The number of rotatable bonds is 5. The van der Waals surface area contributed by atoms with Crippen LogP contribution in [0.2, 0.25) is 0 Å². The Bertz CT molecular complexity index is 704. The minimum Gasteiger partial charge on any atom is -0.490 e. The molecular formula is C19H25BrN2O3S. The van der Waals surface area contributed by atoms with Crippen LogP contribution in [0.3, 0.4) is 0 Å². The number of hydrogen-bond acceptors (Lipinski definition) is 5. The van der Waals surface area contributed by atoms with Crippen LogP contribution in [0.25, 0.3) is 0 Å². The lowest BCUT2D eigenvalue weighted by Gasteiger charge is -2.31. The van der Waals surface area contributed by atoms with Crippen LogP contribution in [0.4, 0.5) is 4.79 Å². The molecule has 0 saturated heterocycles. The normalized spacial score (nSPS) is 16.0. The molecule has 7 heteroatoms. The highest BCUT2D eigenvalue weighted by atomic mass is 79.9. The minimum atomic E-state index is -0.545. The molecule has 0 unspecified atom stereocenters. The standard InChI is InChI=1S/C19H25BrN2O3S/c1-18(2,3)25-17(23)22-19(7-5-6-8-19)12-24-15-9-13(20)10-16(26-4)14(15)11-21/h9-10H,5-8,12H2,1-4H3,(H,22,23). The third-order valence-corrected chi connectivity index (χ3v) is 5.41. The number of halogens is 1. The van der Waals surface area contributed by atoms with E-state index in [9.17, 15) is 10.1 Å². The van der Waals surface area contributed by atoms with Crippen molar-refractivity contribution in [1.82, 2.24) is 5.32 Å². The Labute approximate surface area is 167 Å². The fourth-order valence-electron chi connectivity index (χ4n) is 3.04. The van der Waals surface area contributed by atoms with Crippen LogP contribution in [-0.4, -0.2) is 30.1 Å². The monoisotopic (exact) mass is 440 g/mol. The van der Waals surface area contributed by atoms with E-state index < -0.39 is 17.2 Å². The number of nitrogens with one attached hydrogen (secondary N) is 1. The second-order valence-electron chi connectivity index (χ2n) is 7.50. The number of carbonyl (C=O) groups is 1. The van der Waals surface area contributed by atoms with Crippen LogP contribution in [0, 0.1) is 11.3 Å². The lowest BCUT2D eigenvalue weighted by Crippen LogP contribution is -2.52. The summed E-state index contributed by atoms with van der Waals surface area (Å²) in [7, 11) is 0. The van der Waals surface area contributed by atoms with Gasteiger partial charge < -0.3 is 14.8 Å². The Hall–Kier alpha value is -1.39. The number of amides is 1. The first-order chi connectivity index (χ1) is 12.2. The van der Waals surface area contributed by atoms with Gasteiger partial charge in [0.2, 0.25) is 0 Å². The van der Waals surface area contributed by atoms with Gasteiger partial charge in [-0.25, -0.2) is 4.79 Å². The SMILES string of the molecule is CSc1cc(Br)cc(OCC2(NC(=O)OC(C)(C)C)CCCC2)c1C#N. The van der Waals surface area contributed by atoms with Gasteiger partial charge in [-0.05, 0) is 52.0 Å². The van der Waals surface area contributed by atoms with Crippen molar-refractivity contribution in [2.75, 3.05) is 12.9 Å². The first kappa shape index (κ1) is 20.9. The third-order valence-electron chi connectivity index (χ3n) is 4.19. The van der Waals surface area contributed by atoms with E-state index in [1.807, 2.05) is 33.1 Å². The van der Waals surface area contributed by atoms with Gasteiger partial charge in [-0.15, -0.1) is 11.8 Å². The Morgan fingerprint density at radius 2 is 2.04 bits per heavy atom. The number of benzene rings is 1. The van der Waals surface area contributed by atoms with E-state index in [0.29, 0.717) is 17.9 Å². The molecular weight excluding hydrogens is 416 g/mol. The average Bonchev–Trinajstić information content (AvgIpc) is 2.99. The van der Waals surface area contributed by atoms with Gasteiger partial charge in [0.1, 0.15) is 29.6 Å². The predicted molar refractivity (Wildman–Crippen MR) is 107 cm³/mol. The van der Waals surface area contributed by atoms with Crippen molar-refractivity contribution >= 4 is 33.8 Å².